The van der Waals surface area contributed by atoms with E-state index < -0.39 is 12.0 Å². The highest BCUT2D eigenvalue weighted by Crippen LogP contribution is 2.39. The molecule has 1 aromatic heterocycles. The van der Waals surface area contributed by atoms with Crippen molar-refractivity contribution in [2.75, 3.05) is 12.4 Å². The molecule has 0 fully saturated rings. The predicted molar refractivity (Wildman–Crippen MR) is 131 cm³/mol. The van der Waals surface area contributed by atoms with Crippen LogP contribution in [-0.4, -0.2) is 28.6 Å². The largest absolute Gasteiger partial charge is 0.465 e. The van der Waals surface area contributed by atoms with Gasteiger partial charge in [0.05, 0.1) is 36.3 Å². The van der Waals surface area contributed by atoms with E-state index in [0.29, 0.717) is 17.3 Å². The third-order valence-corrected chi connectivity index (χ3v) is 6.34. The van der Waals surface area contributed by atoms with Gasteiger partial charge in [-0.2, -0.15) is 0 Å². The topological polar surface area (TPSA) is 63.6 Å². The van der Waals surface area contributed by atoms with Crippen LogP contribution < -0.4 is 5.32 Å². The molecule has 5 rings (SSSR count). The zero-order valence-electron chi connectivity index (χ0n) is 18.4. The van der Waals surface area contributed by atoms with Gasteiger partial charge in [-0.3, -0.25) is 0 Å². The average Bonchev–Trinajstić information content (AvgIpc) is 3.29. The van der Waals surface area contributed by atoms with E-state index in [1.54, 1.807) is 29.2 Å². The van der Waals surface area contributed by atoms with Gasteiger partial charge in [0.15, 0.2) is 0 Å². The van der Waals surface area contributed by atoms with Crippen molar-refractivity contribution >= 4 is 29.3 Å². The van der Waals surface area contributed by atoms with Gasteiger partial charge in [-0.15, -0.1) is 0 Å². The zero-order valence-corrected chi connectivity index (χ0v) is 19.2. The molecule has 1 aliphatic heterocycles. The number of methoxy groups -OCH3 is 1. The lowest BCUT2D eigenvalue weighted by Crippen LogP contribution is -2.38. The van der Waals surface area contributed by atoms with E-state index in [4.69, 9.17) is 16.3 Å². The number of fused-ring (bicyclic) bond motifs is 3. The monoisotopic (exact) mass is 471 g/mol. The molecule has 2 amide bonds. The molecule has 6 nitrogen and oxygen atoms in total. The maximum absolute atomic E-state index is 13.8. The van der Waals surface area contributed by atoms with E-state index in [1.165, 1.54) is 7.11 Å². The first-order valence-corrected chi connectivity index (χ1v) is 11.2. The van der Waals surface area contributed by atoms with E-state index in [-0.39, 0.29) is 11.6 Å². The highest BCUT2D eigenvalue weighted by Gasteiger charge is 2.34. The normalized spacial score (nSPS) is 14.5. The molecule has 1 aliphatic rings. The van der Waals surface area contributed by atoms with E-state index in [0.717, 1.165) is 22.5 Å². The number of nitrogens with one attached hydrogen (secondary N) is 1. The van der Waals surface area contributed by atoms with Crippen LogP contribution in [0.25, 0.3) is 5.69 Å². The number of benzene rings is 3. The van der Waals surface area contributed by atoms with Crippen LogP contribution in [0.4, 0.5) is 10.5 Å². The number of carbonyl (C=O) groups is 2. The molecule has 0 aliphatic carbocycles. The van der Waals surface area contributed by atoms with Gasteiger partial charge < -0.3 is 19.5 Å². The van der Waals surface area contributed by atoms with Gasteiger partial charge in [0, 0.05) is 11.2 Å². The minimum atomic E-state index is -0.520. The summed E-state index contributed by atoms with van der Waals surface area (Å²) in [6.07, 6.45) is 1.99. The quantitative estimate of drug-likeness (QED) is 0.370. The van der Waals surface area contributed by atoms with Crippen molar-refractivity contribution in [1.29, 1.82) is 0 Å². The number of ether oxygens (including phenoxy) is 1. The first-order valence-electron chi connectivity index (χ1n) is 10.8. The van der Waals surface area contributed by atoms with E-state index in [2.05, 4.69) is 9.88 Å². The van der Waals surface area contributed by atoms with Gasteiger partial charge in [-0.1, -0.05) is 60.1 Å². The standard InChI is InChI=1S/C27H22ClN3O3/c1-34-26(32)20-11-4-6-13-22(20)29-27(33)31-17-18-9-2-7-14-23(18)30-16-8-15-24(30)25(31)19-10-3-5-12-21(19)28/h2-16,25H,17H2,1H3,(H,29,33)/t25-/m0/s1. The van der Waals surface area contributed by atoms with Crippen molar-refractivity contribution in [1.82, 2.24) is 9.47 Å². The summed E-state index contributed by atoms with van der Waals surface area (Å²) >= 11 is 6.64. The molecule has 1 N–H and O–H groups in total. The number of amides is 2. The number of anilines is 1. The lowest BCUT2D eigenvalue weighted by atomic mass is 10.0. The molecular weight excluding hydrogens is 450 g/mol. The fourth-order valence-corrected chi connectivity index (χ4v) is 4.67. The smallest absolute Gasteiger partial charge is 0.339 e. The first kappa shape index (κ1) is 21.8. The fraction of sp³-hybridized carbons (Fsp3) is 0.111. The Bertz CT molecular complexity index is 1380. The summed E-state index contributed by atoms with van der Waals surface area (Å²) in [5.74, 6) is -0.520. The molecule has 4 aromatic rings. The number of urea groups is 1. The number of hydrogen-bond acceptors (Lipinski definition) is 3. The molecule has 7 heteroatoms. The molecular formula is C27H22ClN3O3. The van der Waals surface area contributed by atoms with Gasteiger partial charge in [0.2, 0.25) is 0 Å². The Morgan fingerprint density at radius 2 is 1.68 bits per heavy atom. The zero-order chi connectivity index (χ0) is 23.7. The van der Waals surface area contributed by atoms with Crippen LogP contribution in [0.1, 0.15) is 33.2 Å². The highest BCUT2D eigenvalue weighted by molar-refractivity contribution is 6.31. The van der Waals surface area contributed by atoms with Crippen molar-refractivity contribution in [2.24, 2.45) is 0 Å². The Hall–Kier alpha value is -4.03. The van der Waals surface area contributed by atoms with Crippen LogP contribution >= 0.6 is 11.6 Å². The van der Waals surface area contributed by atoms with Gasteiger partial charge >= 0.3 is 12.0 Å². The summed E-state index contributed by atoms with van der Waals surface area (Å²) in [6, 6.07) is 25.5. The Morgan fingerprint density at radius 3 is 2.50 bits per heavy atom. The Balaban J connectivity index is 1.63. The SMILES string of the molecule is COC(=O)c1ccccc1NC(=O)N1Cc2ccccc2-n2cccc2[C@@H]1c1ccccc1Cl. The predicted octanol–water partition coefficient (Wildman–Crippen LogP) is 6.05. The second-order valence-electron chi connectivity index (χ2n) is 7.95. The molecule has 0 spiro atoms. The van der Waals surface area contributed by atoms with Crippen LogP contribution in [0, 0.1) is 0 Å². The lowest BCUT2D eigenvalue weighted by Gasteiger charge is -2.31. The number of hydrogen-bond donors (Lipinski definition) is 1. The summed E-state index contributed by atoms with van der Waals surface area (Å²) < 4.78 is 6.98. The van der Waals surface area contributed by atoms with Crippen LogP contribution in [-0.2, 0) is 11.3 Å². The number of para-hydroxylation sites is 2. The Labute approximate surface area is 202 Å². The van der Waals surface area contributed by atoms with E-state index in [1.807, 2.05) is 66.9 Å². The summed E-state index contributed by atoms with van der Waals surface area (Å²) in [5.41, 5.74) is 4.38. The van der Waals surface area contributed by atoms with Gasteiger partial charge in [0.25, 0.3) is 0 Å². The third-order valence-electron chi connectivity index (χ3n) is 6.00. The number of nitrogens with zero attached hydrogens (tertiary/aromatic N) is 2. The Kier molecular flexibility index (Phi) is 5.82. The summed E-state index contributed by atoms with van der Waals surface area (Å²) in [6.45, 7) is 0.347. The molecule has 3 aromatic carbocycles. The van der Waals surface area contributed by atoms with Crippen LogP contribution in [0.2, 0.25) is 5.02 Å². The highest BCUT2D eigenvalue weighted by atomic mass is 35.5. The number of rotatable bonds is 3. The van der Waals surface area contributed by atoms with Crippen LogP contribution in [0.15, 0.2) is 91.1 Å². The third kappa shape index (κ3) is 3.82. The number of esters is 1. The minimum Gasteiger partial charge on any atom is -0.465 e. The summed E-state index contributed by atoms with van der Waals surface area (Å²) in [7, 11) is 1.31. The molecule has 170 valence electrons. The number of carbonyl (C=O) groups excluding carboxylic acids is 2. The summed E-state index contributed by atoms with van der Waals surface area (Å²) in [4.78, 5) is 27.8. The molecule has 34 heavy (non-hydrogen) atoms. The van der Waals surface area contributed by atoms with E-state index in [9.17, 15) is 9.59 Å². The maximum atomic E-state index is 13.8. The molecule has 0 saturated carbocycles. The second-order valence-corrected chi connectivity index (χ2v) is 8.36. The summed E-state index contributed by atoms with van der Waals surface area (Å²) in [5, 5.41) is 3.50. The fourth-order valence-electron chi connectivity index (χ4n) is 4.43. The van der Waals surface area contributed by atoms with Gasteiger partial charge in [-0.25, -0.2) is 9.59 Å². The van der Waals surface area contributed by atoms with Crippen LogP contribution in [0.3, 0.4) is 0 Å². The molecule has 2 heterocycles. The second kappa shape index (κ2) is 9.08. The molecule has 1 atom stereocenters. The maximum Gasteiger partial charge on any atom is 0.339 e. The van der Waals surface area contributed by atoms with Crippen molar-refractivity contribution < 1.29 is 14.3 Å². The molecule has 0 saturated heterocycles. The van der Waals surface area contributed by atoms with E-state index >= 15 is 0 Å². The van der Waals surface area contributed by atoms with Crippen molar-refractivity contribution in [3.05, 3.63) is 119 Å². The first-order chi connectivity index (χ1) is 16.6. The molecule has 0 bridgehead atoms. The van der Waals surface area contributed by atoms with Crippen molar-refractivity contribution in [2.45, 2.75) is 12.6 Å². The minimum absolute atomic E-state index is 0.284. The lowest BCUT2D eigenvalue weighted by molar-refractivity contribution is 0.0602. The molecule has 0 radical (unpaired) electrons. The number of aromatic nitrogens is 1. The number of halogens is 1. The van der Waals surface area contributed by atoms with Crippen molar-refractivity contribution in [3.8, 4) is 5.69 Å². The molecule has 0 unspecified atom stereocenters. The average molecular weight is 472 g/mol. The van der Waals surface area contributed by atoms with Gasteiger partial charge in [0.1, 0.15) is 6.04 Å². The van der Waals surface area contributed by atoms with Crippen molar-refractivity contribution in [3.63, 3.8) is 0 Å². The Morgan fingerprint density at radius 1 is 0.941 bits per heavy atom. The van der Waals surface area contributed by atoms with Crippen LogP contribution in [0.5, 0.6) is 0 Å². The van der Waals surface area contributed by atoms with Gasteiger partial charge in [-0.05, 0) is 47.5 Å².